The van der Waals surface area contributed by atoms with E-state index >= 15 is 0 Å². The molecule has 3 nitrogen and oxygen atoms in total. The van der Waals surface area contributed by atoms with Crippen LogP contribution in [0.2, 0.25) is 0 Å². The molecule has 1 aromatic carbocycles. The van der Waals surface area contributed by atoms with E-state index < -0.39 is 5.41 Å². The molecule has 1 unspecified atom stereocenters. The van der Waals surface area contributed by atoms with Crippen molar-refractivity contribution in [2.24, 2.45) is 5.41 Å². The summed E-state index contributed by atoms with van der Waals surface area (Å²) in [5.74, 6) is 0.719. The zero-order valence-corrected chi connectivity index (χ0v) is 8.60. The smallest absolute Gasteiger partial charge is 0.119 e. The van der Waals surface area contributed by atoms with Crippen LogP contribution < -0.4 is 4.74 Å². The standard InChI is InChI=1S/C12H12N2O/c1-12(9-14,7-8-13)10-15-11-5-3-2-4-6-11/h2-6H,7,10H2,1H3. The van der Waals surface area contributed by atoms with E-state index in [-0.39, 0.29) is 13.0 Å². The van der Waals surface area contributed by atoms with Crippen LogP contribution in [-0.2, 0) is 0 Å². The van der Waals surface area contributed by atoms with Gasteiger partial charge in [-0.1, -0.05) is 18.2 Å². The lowest BCUT2D eigenvalue weighted by Gasteiger charge is -2.18. The molecule has 3 heteroatoms. The molecule has 0 saturated carbocycles. The summed E-state index contributed by atoms with van der Waals surface area (Å²) in [4.78, 5) is 0. The third kappa shape index (κ3) is 3.32. The third-order valence-electron chi connectivity index (χ3n) is 2.04. The van der Waals surface area contributed by atoms with Crippen LogP contribution in [0.5, 0.6) is 5.75 Å². The molecule has 1 rings (SSSR count). The molecule has 0 radical (unpaired) electrons. The van der Waals surface area contributed by atoms with E-state index in [0.29, 0.717) is 0 Å². The van der Waals surface area contributed by atoms with Crippen molar-refractivity contribution >= 4 is 0 Å². The number of hydrogen-bond donors (Lipinski definition) is 0. The van der Waals surface area contributed by atoms with Crippen LogP contribution in [0.1, 0.15) is 13.3 Å². The second kappa shape index (κ2) is 5.02. The van der Waals surface area contributed by atoms with Gasteiger partial charge >= 0.3 is 0 Å². The molecule has 0 spiro atoms. The molecule has 0 amide bonds. The van der Waals surface area contributed by atoms with Crippen molar-refractivity contribution in [2.75, 3.05) is 6.61 Å². The molecule has 0 aliphatic carbocycles. The number of benzene rings is 1. The van der Waals surface area contributed by atoms with Crippen molar-refractivity contribution in [3.05, 3.63) is 30.3 Å². The van der Waals surface area contributed by atoms with Crippen LogP contribution in [0.3, 0.4) is 0 Å². The van der Waals surface area contributed by atoms with Gasteiger partial charge in [0.25, 0.3) is 0 Å². The van der Waals surface area contributed by atoms with Crippen molar-refractivity contribution < 1.29 is 4.74 Å². The minimum atomic E-state index is -0.732. The van der Waals surface area contributed by atoms with Crippen LogP contribution in [0.15, 0.2) is 30.3 Å². The summed E-state index contributed by atoms with van der Waals surface area (Å²) < 4.78 is 5.44. The monoisotopic (exact) mass is 200 g/mol. The summed E-state index contributed by atoms with van der Waals surface area (Å²) in [7, 11) is 0. The summed E-state index contributed by atoms with van der Waals surface area (Å²) in [5.41, 5.74) is -0.732. The first-order chi connectivity index (χ1) is 7.20. The highest BCUT2D eigenvalue weighted by molar-refractivity contribution is 5.21. The number of nitriles is 2. The van der Waals surface area contributed by atoms with Crippen LogP contribution >= 0.6 is 0 Å². The quantitative estimate of drug-likeness (QED) is 0.750. The molecule has 76 valence electrons. The molecule has 0 saturated heterocycles. The Balaban J connectivity index is 2.57. The molecule has 15 heavy (non-hydrogen) atoms. The number of hydrogen-bond acceptors (Lipinski definition) is 3. The summed E-state index contributed by atoms with van der Waals surface area (Å²) in [6.45, 7) is 1.96. The van der Waals surface area contributed by atoms with Gasteiger partial charge < -0.3 is 4.74 Å². The number of ether oxygens (including phenoxy) is 1. The lowest BCUT2D eigenvalue weighted by atomic mass is 9.90. The Morgan fingerprint density at radius 3 is 2.47 bits per heavy atom. The maximum absolute atomic E-state index is 8.91. The van der Waals surface area contributed by atoms with Crippen molar-refractivity contribution in [1.29, 1.82) is 10.5 Å². The Hall–Kier alpha value is -2.00. The van der Waals surface area contributed by atoms with Gasteiger partial charge in [-0.15, -0.1) is 0 Å². The van der Waals surface area contributed by atoms with Gasteiger partial charge in [-0.25, -0.2) is 0 Å². The van der Waals surface area contributed by atoms with Crippen LogP contribution in [0, 0.1) is 28.1 Å². The highest BCUT2D eigenvalue weighted by atomic mass is 16.5. The molecular weight excluding hydrogens is 188 g/mol. The molecule has 0 fully saturated rings. The largest absolute Gasteiger partial charge is 0.492 e. The van der Waals surface area contributed by atoms with Gasteiger partial charge in [0.2, 0.25) is 0 Å². The second-order valence-corrected chi connectivity index (χ2v) is 3.61. The SMILES string of the molecule is CC(C#N)(CC#N)COc1ccccc1. The van der Waals surface area contributed by atoms with Crippen LogP contribution in [0.4, 0.5) is 0 Å². The Kier molecular flexibility index (Phi) is 3.71. The third-order valence-corrected chi connectivity index (χ3v) is 2.04. The zero-order valence-electron chi connectivity index (χ0n) is 8.60. The lowest BCUT2D eigenvalue weighted by Crippen LogP contribution is -2.22. The Bertz CT molecular complexity index is 388. The summed E-state index contributed by atoms with van der Waals surface area (Å²) >= 11 is 0. The molecule has 0 aliphatic heterocycles. The summed E-state index contributed by atoms with van der Waals surface area (Å²) in [5, 5.41) is 17.5. The van der Waals surface area contributed by atoms with Crippen molar-refractivity contribution in [2.45, 2.75) is 13.3 Å². The lowest BCUT2D eigenvalue weighted by molar-refractivity contribution is 0.215. The fourth-order valence-electron chi connectivity index (χ4n) is 1.06. The topological polar surface area (TPSA) is 56.8 Å². The van der Waals surface area contributed by atoms with Gasteiger partial charge in [0, 0.05) is 0 Å². The Labute approximate surface area is 89.5 Å². The maximum Gasteiger partial charge on any atom is 0.119 e. The molecule has 1 aromatic rings. The van der Waals surface area contributed by atoms with Crippen LogP contribution in [-0.4, -0.2) is 6.61 Å². The minimum absolute atomic E-state index is 0.177. The normalized spacial score (nSPS) is 13.3. The first-order valence-electron chi connectivity index (χ1n) is 4.66. The fourth-order valence-corrected chi connectivity index (χ4v) is 1.06. The van der Waals surface area contributed by atoms with E-state index in [1.807, 2.05) is 36.4 Å². The first kappa shape index (κ1) is 11.1. The van der Waals surface area contributed by atoms with E-state index in [0.717, 1.165) is 5.75 Å². The zero-order chi connectivity index (χ0) is 11.1. The van der Waals surface area contributed by atoms with E-state index in [1.165, 1.54) is 0 Å². The number of nitrogens with zero attached hydrogens (tertiary/aromatic N) is 2. The number of para-hydroxylation sites is 1. The van der Waals surface area contributed by atoms with Gasteiger partial charge in [-0.2, -0.15) is 10.5 Å². The highest BCUT2D eigenvalue weighted by Gasteiger charge is 2.24. The average Bonchev–Trinajstić information content (AvgIpc) is 2.28. The molecule has 0 N–H and O–H groups in total. The molecule has 0 aromatic heterocycles. The van der Waals surface area contributed by atoms with Gasteiger partial charge in [0.15, 0.2) is 0 Å². The van der Waals surface area contributed by atoms with Crippen molar-refractivity contribution in [1.82, 2.24) is 0 Å². The second-order valence-electron chi connectivity index (χ2n) is 3.61. The highest BCUT2D eigenvalue weighted by Crippen LogP contribution is 2.21. The molecule has 0 bridgehead atoms. The van der Waals surface area contributed by atoms with Gasteiger partial charge in [0.05, 0.1) is 18.6 Å². The molecule has 0 heterocycles. The Morgan fingerprint density at radius 1 is 1.27 bits per heavy atom. The maximum atomic E-state index is 8.91. The molecule has 0 aliphatic rings. The predicted octanol–water partition coefficient (Wildman–Crippen LogP) is 2.51. The van der Waals surface area contributed by atoms with Gasteiger partial charge in [-0.3, -0.25) is 0 Å². The fraction of sp³-hybridized carbons (Fsp3) is 0.333. The average molecular weight is 200 g/mol. The Morgan fingerprint density at radius 2 is 1.93 bits per heavy atom. The van der Waals surface area contributed by atoms with E-state index in [4.69, 9.17) is 15.3 Å². The van der Waals surface area contributed by atoms with Crippen molar-refractivity contribution in [3.63, 3.8) is 0 Å². The van der Waals surface area contributed by atoms with Gasteiger partial charge in [0.1, 0.15) is 17.8 Å². The van der Waals surface area contributed by atoms with E-state index in [2.05, 4.69) is 6.07 Å². The molecular formula is C12H12N2O. The summed E-state index contributed by atoms with van der Waals surface area (Å²) in [6.07, 6.45) is 0.177. The van der Waals surface area contributed by atoms with E-state index in [9.17, 15) is 0 Å². The first-order valence-corrected chi connectivity index (χ1v) is 4.66. The van der Waals surface area contributed by atoms with E-state index in [1.54, 1.807) is 6.92 Å². The minimum Gasteiger partial charge on any atom is -0.492 e. The molecule has 1 atom stereocenters. The number of rotatable bonds is 4. The summed E-state index contributed by atoms with van der Waals surface area (Å²) in [6, 6.07) is 13.4. The van der Waals surface area contributed by atoms with Crippen molar-refractivity contribution in [3.8, 4) is 17.9 Å². The van der Waals surface area contributed by atoms with Crippen LogP contribution in [0.25, 0.3) is 0 Å². The van der Waals surface area contributed by atoms with Gasteiger partial charge in [-0.05, 0) is 19.1 Å². The predicted molar refractivity (Wildman–Crippen MR) is 55.9 cm³/mol.